The van der Waals surface area contributed by atoms with Crippen LogP contribution in [0, 0.1) is 5.92 Å². The maximum absolute atomic E-state index is 12.2. The number of carbonyl (C=O) groups is 1. The molecule has 1 amide bonds. The van der Waals surface area contributed by atoms with Crippen molar-refractivity contribution in [3.05, 3.63) is 60.7 Å². The van der Waals surface area contributed by atoms with Gasteiger partial charge in [-0.15, -0.1) is 10.2 Å². The van der Waals surface area contributed by atoms with Crippen LogP contribution in [0.2, 0.25) is 0 Å². The van der Waals surface area contributed by atoms with Gasteiger partial charge < -0.3 is 15.0 Å². The first-order valence-electron chi connectivity index (χ1n) is 10.0. The van der Waals surface area contributed by atoms with Crippen molar-refractivity contribution in [2.45, 2.75) is 12.8 Å². The normalized spacial score (nSPS) is 16.2. The molecule has 3 aromatic rings. The number of hydrogen-bond donors (Lipinski definition) is 1. The third-order valence-electron chi connectivity index (χ3n) is 5.22. The van der Waals surface area contributed by atoms with Gasteiger partial charge in [0.05, 0.1) is 19.0 Å². The predicted octanol–water partition coefficient (Wildman–Crippen LogP) is 2.59. The summed E-state index contributed by atoms with van der Waals surface area (Å²) in [5.74, 6) is 1.77. The molecule has 0 bridgehead atoms. The molecule has 0 saturated carbocycles. The Morgan fingerprint density at radius 2 is 2.10 bits per heavy atom. The average molecular weight is 404 g/mol. The van der Waals surface area contributed by atoms with Crippen molar-refractivity contribution in [2.75, 3.05) is 31.6 Å². The second kappa shape index (κ2) is 9.30. The molecule has 8 nitrogen and oxygen atoms in total. The molecule has 154 valence electrons. The number of nitrogens with zero attached hydrogens (tertiary/aromatic N) is 5. The Labute approximate surface area is 175 Å². The minimum Gasteiger partial charge on any atom is -0.496 e. The van der Waals surface area contributed by atoms with E-state index < -0.39 is 0 Å². The molecule has 0 aliphatic carbocycles. The number of ether oxygens (including phenoxy) is 1. The van der Waals surface area contributed by atoms with E-state index in [1.807, 2.05) is 36.4 Å². The van der Waals surface area contributed by atoms with E-state index in [-0.39, 0.29) is 5.91 Å². The third kappa shape index (κ3) is 4.53. The molecule has 1 aromatic carbocycles. The van der Waals surface area contributed by atoms with E-state index in [0.29, 0.717) is 18.2 Å². The first-order valence-corrected chi connectivity index (χ1v) is 10.0. The van der Waals surface area contributed by atoms with Gasteiger partial charge in [-0.2, -0.15) is 0 Å². The van der Waals surface area contributed by atoms with Gasteiger partial charge in [-0.05, 0) is 43.0 Å². The smallest absolute Gasteiger partial charge is 0.271 e. The molecule has 1 fully saturated rings. The van der Waals surface area contributed by atoms with E-state index in [0.717, 1.165) is 48.8 Å². The number of benzene rings is 1. The van der Waals surface area contributed by atoms with Crippen LogP contribution < -0.4 is 15.0 Å². The summed E-state index contributed by atoms with van der Waals surface area (Å²) in [4.78, 5) is 22.4. The van der Waals surface area contributed by atoms with Crippen molar-refractivity contribution in [3.8, 4) is 17.0 Å². The lowest BCUT2D eigenvalue weighted by molar-refractivity contribution is 0.0940. The van der Waals surface area contributed by atoms with E-state index in [1.165, 1.54) is 12.4 Å². The van der Waals surface area contributed by atoms with Crippen LogP contribution in [0.4, 0.5) is 5.82 Å². The van der Waals surface area contributed by atoms with Gasteiger partial charge in [0.1, 0.15) is 11.4 Å². The summed E-state index contributed by atoms with van der Waals surface area (Å²) in [6.07, 6.45) is 6.65. The van der Waals surface area contributed by atoms with E-state index in [1.54, 1.807) is 13.3 Å². The van der Waals surface area contributed by atoms with Gasteiger partial charge in [-0.25, -0.2) is 4.98 Å². The number of nitrogens with one attached hydrogen (secondary N) is 1. The summed E-state index contributed by atoms with van der Waals surface area (Å²) in [6.45, 7) is 2.35. The van der Waals surface area contributed by atoms with E-state index in [2.05, 4.69) is 30.4 Å². The van der Waals surface area contributed by atoms with Crippen LogP contribution in [-0.2, 0) is 0 Å². The molecule has 30 heavy (non-hydrogen) atoms. The summed E-state index contributed by atoms with van der Waals surface area (Å²) < 4.78 is 5.42. The number of carbonyl (C=O) groups excluding carboxylic acids is 1. The zero-order valence-corrected chi connectivity index (χ0v) is 16.9. The number of methoxy groups -OCH3 is 1. The van der Waals surface area contributed by atoms with Gasteiger partial charge in [0.15, 0.2) is 5.82 Å². The average Bonchev–Trinajstić information content (AvgIpc) is 2.83. The van der Waals surface area contributed by atoms with Crippen LogP contribution in [0.15, 0.2) is 55.0 Å². The maximum Gasteiger partial charge on any atom is 0.271 e. The first-order chi connectivity index (χ1) is 14.7. The Morgan fingerprint density at radius 3 is 2.87 bits per heavy atom. The highest BCUT2D eigenvalue weighted by atomic mass is 16.5. The second-order valence-electron chi connectivity index (χ2n) is 7.23. The number of anilines is 1. The summed E-state index contributed by atoms with van der Waals surface area (Å²) in [5.41, 5.74) is 2.03. The number of rotatable bonds is 6. The number of para-hydroxylation sites is 1. The molecule has 1 aliphatic heterocycles. The van der Waals surface area contributed by atoms with Crippen LogP contribution in [0.1, 0.15) is 23.3 Å². The Hall–Kier alpha value is -3.55. The Bertz CT molecular complexity index is 980. The van der Waals surface area contributed by atoms with Crippen molar-refractivity contribution >= 4 is 11.7 Å². The molecule has 1 N–H and O–H groups in total. The van der Waals surface area contributed by atoms with Gasteiger partial charge in [-0.1, -0.05) is 12.1 Å². The van der Waals surface area contributed by atoms with Crippen LogP contribution >= 0.6 is 0 Å². The van der Waals surface area contributed by atoms with Gasteiger partial charge in [-0.3, -0.25) is 9.78 Å². The summed E-state index contributed by atoms with van der Waals surface area (Å²) in [7, 11) is 1.65. The Balaban J connectivity index is 1.38. The maximum atomic E-state index is 12.2. The highest BCUT2D eigenvalue weighted by Gasteiger charge is 2.22. The Morgan fingerprint density at radius 1 is 1.20 bits per heavy atom. The topological polar surface area (TPSA) is 93.1 Å². The Kier molecular flexibility index (Phi) is 6.12. The zero-order valence-electron chi connectivity index (χ0n) is 16.9. The quantitative estimate of drug-likeness (QED) is 0.675. The first kappa shape index (κ1) is 19.8. The highest BCUT2D eigenvalue weighted by Crippen LogP contribution is 2.29. The van der Waals surface area contributed by atoms with E-state index in [9.17, 15) is 4.79 Å². The van der Waals surface area contributed by atoms with Crippen LogP contribution in [-0.4, -0.2) is 52.8 Å². The van der Waals surface area contributed by atoms with Crippen molar-refractivity contribution in [3.63, 3.8) is 0 Å². The van der Waals surface area contributed by atoms with Crippen LogP contribution in [0.5, 0.6) is 5.75 Å². The fourth-order valence-electron chi connectivity index (χ4n) is 3.68. The lowest BCUT2D eigenvalue weighted by Crippen LogP contribution is -2.41. The standard InChI is InChI=1S/C22H24N6O2/c1-30-20-7-3-2-6-17(20)18-8-9-21(27-26-18)28-12-4-5-16(15-28)13-25-22(29)19-14-23-10-11-24-19/h2-3,6-11,14,16H,4-5,12-13,15H2,1H3,(H,25,29). The molecule has 1 unspecified atom stereocenters. The molecule has 1 atom stereocenters. The monoisotopic (exact) mass is 404 g/mol. The van der Waals surface area contributed by atoms with E-state index in [4.69, 9.17) is 4.74 Å². The van der Waals surface area contributed by atoms with Crippen LogP contribution in [0.3, 0.4) is 0 Å². The molecule has 4 rings (SSSR count). The number of piperidine rings is 1. The second-order valence-corrected chi connectivity index (χ2v) is 7.23. The fraction of sp³-hybridized carbons (Fsp3) is 0.318. The molecule has 0 spiro atoms. The van der Waals surface area contributed by atoms with Gasteiger partial charge in [0, 0.05) is 37.6 Å². The molecule has 1 saturated heterocycles. The molecular formula is C22H24N6O2. The number of aromatic nitrogens is 4. The van der Waals surface area contributed by atoms with Gasteiger partial charge >= 0.3 is 0 Å². The molecule has 3 heterocycles. The number of hydrogen-bond acceptors (Lipinski definition) is 7. The van der Waals surface area contributed by atoms with Crippen molar-refractivity contribution in [2.24, 2.45) is 5.92 Å². The van der Waals surface area contributed by atoms with Gasteiger partial charge in [0.25, 0.3) is 5.91 Å². The van der Waals surface area contributed by atoms with Crippen molar-refractivity contribution in [1.82, 2.24) is 25.5 Å². The highest BCUT2D eigenvalue weighted by molar-refractivity contribution is 5.91. The van der Waals surface area contributed by atoms with E-state index >= 15 is 0 Å². The minimum atomic E-state index is -0.193. The van der Waals surface area contributed by atoms with Crippen LogP contribution in [0.25, 0.3) is 11.3 Å². The molecule has 0 radical (unpaired) electrons. The molecule has 1 aliphatic rings. The van der Waals surface area contributed by atoms with Crippen molar-refractivity contribution < 1.29 is 9.53 Å². The lowest BCUT2D eigenvalue weighted by atomic mass is 9.98. The van der Waals surface area contributed by atoms with Gasteiger partial charge in [0.2, 0.25) is 0 Å². The summed E-state index contributed by atoms with van der Waals surface area (Å²) in [5, 5.41) is 11.8. The minimum absolute atomic E-state index is 0.193. The zero-order chi connectivity index (χ0) is 20.8. The lowest BCUT2D eigenvalue weighted by Gasteiger charge is -2.33. The van der Waals surface area contributed by atoms with Crippen molar-refractivity contribution in [1.29, 1.82) is 0 Å². The summed E-state index contributed by atoms with van der Waals surface area (Å²) >= 11 is 0. The number of amides is 1. The third-order valence-corrected chi connectivity index (χ3v) is 5.22. The SMILES string of the molecule is COc1ccccc1-c1ccc(N2CCCC(CNC(=O)c3cnccn3)C2)nn1. The largest absolute Gasteiger partial charge is 0.496 e. The summed E-state index contributed by atoms with van der Waals surface area (Å²) in [6, 6.07) is 11.7. The molecule has 2 aromatic heterocycles. The fourth-order valence-corrected chi connectivity index (χ4v) is 3.68. The molecular weight excluding hydrogens is 380 g/mol. The predicted molar refractivity (Wildman–Crippen MR) is 113 cm³/mol. The molecule has 8 heteroatoms.